The fraction of sp³-hybridized carbons (Fsp3) is 0.526. The molecule has 2 aliphatic heterocycles. The zero-order chi connectivity index (χ0) is 18.6. The van der Waals surface area contributed by atoms with Gasteiger partial charge >= 0.3 is 6.03 Å². The zero-order valence-corrected chi connectivity index (χ0v) is 15.6. The molecule has 2 N–H and O–H groups in total. The van der Waals surface area contributed by atoms with Crippen LogP contribution < -0.4 is 10.6 Å². The summed E-state index contributed by atoms with van der Waals surface area (Å²) in [7, 11) is 2.09. The number of nitrogens with one attached hydrogen (secondary N) is 2. The fourth-order valence-electron chi connectivity index (χ4n) is 3.70. The molecule has 0 bridgehead atoms. The number of rotatable bonds is 3. The molecule has 3 heterocycles. The van der Waals surface area contributed by atoms with Gasteiger partial charge in [-0.2, -0.15) is 4.98 Å². The maximum Gasteiger partial charge on any atom is 0.321 e. The first-order valence-corrected chi connectivity index (χ1v) is 9.56. The summed E-state index contributed by atoms with van der Waals surface area (Å²) in [6.07, 6.45) is 1.67. The van der Waals surface area contributed by atoms with Crippen molar-refractivity contribution in [3.05, 3.63) is 42.0 Å². The van der Waals surface area contributed by atoms with Gasteiger partial charge in [-0.3, -0.25) is 4.90 Å². The highest BCUT2D eigenvalue weighted by atomic mass is 16.5. The number of likely N-dealkylation sites (N-methyl/N-ethyl adjacent to an activating group) is 1. The predicted molar refractivity (Wildman–Crippen MR) is 102 cm³/mol. The van der Waals surface area contributed by atoms with Crippen molar-refractivity contribution in [2.75, 3.05) is 45.1 Å². The van der Waals surface area contributed by atoms with Crippen LogP contribution in [0.15, 0.2) is 34.9 Å². The van der Waals surface area contributed by atoms with E-state index in [4.69, 9.17) is 4.52 Å². The Balaban J connectivity index is 1.32. The number of anilines is 1. The molecule has 1 aromatic carbocycles. The number of amides is 2. The number of nitrogens with zero attached hydrogens (tertiary/aromatic N) is 4. The lowest BCUT2D eigenvalue weighted by molar-refractivity contribution is 0.185. The molecule has 8 heteroatoms. The van der Waals surface area contributed by atoms with Gasteiger partial charge in [-0.15, -0.1) is 0 Å². The van der Waals surface area contributed by atoms with E-state index in [1.807, 2.05) is 35.2 Å². The third-order valence-electron chi connectivity index (χ3n) is 5.42. The van der Waals surface area contributed by atoms with E-state index in [9.17, 15) is 4.79 Å². The average Bonchev–Trinajstić information content (AvgIpc) is 3.19. The maximum atomic E-state index is 12.4. The number of urea groups is 1. The number of benzene rings is 1. The van der Waals surface area contributed by atoms with Crippen LogP contribution in [0.5, 0.6) is 0 Å². The molecule has 144 valence electrons. The molecule has 2 fully saturated rings. The first kappa shape index (κ1) is 17.9. The molecule has 1 aromatic heterocycles. The third-order valence-corrected chi connectivity index (χ3v) is 5.42. The Morgan fingerprint density at radius 1 is 1.22 bits per heavy atom. The molecular formula is C19H26N6O2. The first-order valence-electron chi connectivity index (χ1n) is 9.56. The highest BCUT2D eigenvalue weighted by molar-refractivity contribution is 5.89. The molecule has 27 heavy (non-hydrogen) atoms. The van der Waals surface area contributed by atoms with Crippen molar-refractivity contribution in [3.63, 3.8) is 0 Å². The van der Waals surface area contributed by atoms with Crippen LogP contribution in [-0.2, 0) is 0 Å². The van der Waals surface area contributed by atoms with Gasteiger partial charge in [0, 0.05) is 44.3 Å². The lowest BCUT2D eigenvalue weighted by Crippen LogP contribution is -2.44. The molecule has 1 unspecified atom stereocenters. The quantitative estimate of drug-likeness (QED) is 0.860. The molecule has 0 radical (unpaired) electrons. The topological polar surface area (TPSA) is 86.5 Å². The number of hydrogen-bond donors (Lipinski definition) is 2. The second-order valence-electron chi connectivity index (χ2n) is 7.25. The molecule has 2 aromatic rings. The smallest absolute Gasteiger partial charge is 0.321 e. The van der Waals surface area contributed by atoms with Crippen LogP contribution in [0.2, 0.25) is 0 Å². The van der Waals surface area contributed by atoms with Crippen LogP contribution >= 0.6 is 0 Å². The van der Waals surface area contributed by atoms with E-state index >= 15 is 0 Å². The summed E-state index contributed by atoms with van der Waals surface area (Å²) < 4.78 is 5.56. The molecule has 0 saturated carbocycles. The second kappa shape index (κ2) is 8.06. The summed E-state index contributed by atoms with van der Waals surface area (Å²) >= 11 is 0. The molecule has 0 aliphatic carbocycles. The second-order valence-corrected chi connectivity index (χ2v) is 7.25. The number of piperazine rings is 1. The van der Waals surface area contributed by atoms with Crippen molar-refractivity contribution in [1.82, 2.24) is 25.3 Å². The number of aromatic nitrogens is 2. The minimum absolute atomic E-state index is 0.0548. The lowest BCUT2D eigenvalue weighted by atomic mass is 9.97. The molecule has 8 nitrogen and oxygen atoms in total. The Bertz CT molecular complexity index is 757. The van der Waals surface area contributed by atoms with Gasteiger partial charge in [-0.25, -0.2) is 4.79 Å². The average molecular weight is 370 g/mol. The summed E-state index contributed by atoms with van der Waals surface area (Å²) in [6.45, 7) is 4.18. The Labute approximate surface area is 158 Å². The summed E-state index contributed by atoms with van der Waals surface area (Å²) in [5.41, 5.74) is 0.816. The van der Waals surface area contributed by atoms with Gasteiger partial charge in [0.2, 0.25) is 5.89 Å². The Morgan fingerprint density at radius 2 is 2.00 bits per heavy atom. The van der Waals surface area contributed by atoms with Crippen LogP contribution in [-0.4, -0.2) is 65.7 Å². The third kappa shape index (κ3) is 4.12. The van der Waals surface area contributed by atoms with Crippen molar-refractivity contribution in [2.24, 2.45) is 0 Å². The number of hydrogen-bond acceptors (Lipinski definition) is 6. The van der Waals surface area contributed by atoms with E-state index < -0.39 is 0 Å². The van der Waals surface area contributed by atoms with Crippen LogP contribution in [0.25, 0.3) is 0 Å². The van der Waals surface area contributed by atoms with Gasteiger partial charge in [0.25, 0.3) is 0 Å². The Kier molecular flexibility index (Phi) is 5.35. The maximum absolute atomic E-state index is 12.4. The molecule has 0 spiro atoms. The monoisotopic (exact) mass is 370 g/mol. The Morgan fingerprint density at radius 3 is 2.74 bits per heavy atom. The van der Waals surface area contributed by atoms with Crippen molar-refractivity contribution < 1.29 is 9.32 Å². The number of carbonyl (C=O) groups excluding carboxylic acids is 1. The van der Waals surface area contributed by atoms with Crippen molar-refractivity contribution in [3.8, 4) is 0 Å². The van der Waals surface area contributed by atoms with Crippen molar-refractivity contribution >= 4 is 11.7 Å². The predicted octanol–water partition coefficient (Wildman–Crippen LogP) is 2.06. The largest absolute Gasteiger partial charge is 0.339 e. The molecule has 2 aliphatic rings. The fourth-order valence-corrected chi connectivity index (χ4v) is 3.70. The molecule has 2 saturated heterocycles. The van der Waals surface area contributed by atoms with E-state index in [0.29, 0.717) is 19.0 Å². The van der Waals surface area contributed by atoms with Gasteiger partial charge in [-0.1, -0.05) is 23.4 Å². The summed E-state index contributed by atoms with van der Waals surface area (Å²) in [6, 6.07) is 9.64. The van der Waals surface area contributed by atoms with E-state index in [2.05, 4.69) is 32.7 Å². The highest BCUT2D eigenvalue weighted by Crippen LogP contribution is 2.28. The van der Waals surface area contributed by atoms with Crippen LogP contribution in [0.4, 0.5) is 10.5 Å². The van der Waals surface area contributed by atoms with Crippen LogP contribution in [0.1, 0.15) is 36.5 Å². The van der Waals surface area contributed by atoms with E-state index in [1.165, 1.54) is 0 Å². The minimum atomic E-state index is -0.0548. The molecular weight excluding hydrogens is 344 g/mol. The zero-order valence-electron chi connectivity index (χ0n) is 15.6. The summed E-state index contributed by atoms with van der Waals surface area (Å²) in [5.74, 6) is 1.67. The molecule has 1 atom stereocenters. The summed E-state index contributed by atoms with van der Waals surface area (Å²) in [5, 5.41) is 10.5. The molecule has 4 rings (SSSR count). The van der Waals surface area contributed by atoms with Gasteiger partial charge in [0.1, 0.15) is 0 Å². The minimum Gasteiger partial charge on any atom is -0.339 e. The lowest BCUT2D eigenvalue weighted by Gasteiger charge is -2.31. The van der Waals surface area contributed by atoms with E-state index in [-0.39, 0.29) is 18.0 Å². The van der Waals surface area contributed by atoms with Gasteiger partial charge in [-0.05, 0) is 32.0 Å². The van der Waals surface area contributed by atoms with Gasteiger partial charge in [0.15, 0.2) is 5.82 Å². The van der Waals surface area contributed by atoms with Crippen molar-refractivity contribution in [2.45, 2.75) is 24.8 Å². The van der Waals surface area contributed by atoms with E-state index in [0.717, 1.165) is 44.0 Å². The molecule has 2 amide bonds. The number of carbonyl (C=O) groups is 1. The number of likely N-dealkylation sites (tertiary alicyclic amines) is 1. The van der Waals surface area contributed by atoms with E-state index in [1.54, 1.807) is 0 Å². The van der Waals surface area contributed by atoms with Crippen molar-refractivity contribution in [1.29, 1.82) is 0 Å². The SMILES string of the molecule is CN1CCNCC1c1noc(C2CCN(C(=O)Nc3ccccc3)CC2)n1. The van der Waals surface area contributed by atoms with Gasteiger partial charge in [0.05, 0.1) is 6.04 Å². The van der Waals surface area contributed by atoms with Crippen LogP contribution in [0, 0.1) is 0 Å². The summed E-state index contributed by atoms with van der Waals surface area (Å²) in [4.78, 5) is 21.2. The standard InChI is InChI=1S/C19H26N6O2/c1-24-12-9-20-13-16(24)17-22-18(27-23-17)14-7-10-25(11-8-14)19(26)21-15-5-3-2-4-6-15/h2-6,14,16,20H,7-13H2,1H3,(H,21,26). The first-order chi connectivity index (χ1) is 13.2. The number of piperidine rings is 1. The van der Waals surface area contributed by atoms with Crippen LogP contribution in [0.3, 0.4) is 0 Å². The van der Waals surface area contributed by atoms with Gasteiger partial charge < -0.3 is 20.1 Å². The highest BCUT2D eigenvalue weighted by Gasteiger charge is 2.30. The Hall–Kier alpha value is -2.45. The number of para-hydroxylation sites is 1. The normalized spacial score (nSPS) is 22.0.